The molecule has 2 aliphatic heterocycles. The standard InChI is InChI=1S/C21H20N2O5S/c1-13-4-2-3-5-18(13)29(27,28)12-14-6-7-15-11-23(21(26)16(15)10-14)17-8-9-19(24)22-20(17)25/h2-7,10,17H,8-9,11-12H2,1H3,(H,22,24,25). The van der Waals surface area contributed by atoms with E-state index in [1.165, 1.54) is 4.90 Å². The number of hydrogen-bond donors (Lipinski definition) is 1. The zero-order valence-corrected chi connectivity index (χ0v) is 16.7. The van der Waals surface area contributed by atoms with Gasteiger partial charge < -0.3 is 4.90 Å². The molecular weight excluding hydrogens is 392 g/mol. The maximum atomic E-state index is 12.9. The molecule has 0 radical (unpaired) electrons. The van der Waals surface area contributed by atoms with Gasteiger partial charge in [-0.05, 0) is 42.2 Å². The molecule has 0 aliphatic carbocycles. The van der Waals surface area contributed by atoms with Crippen LogP contribution in [0.4, 0.5) is 0 Å². The number of aryl methyl sites for hydroxylation is 1. The van der Waals surface area contributed by atoms with E-state index in [9.17, 15) is 22.8 Å². The molecule has 1 unspecified atom stereocenters. The van der Waals surface area contributed by atoms with Crippen molar-refractivity contribution in [2.75, 3.05) is 0 Å². The van der Waals surface area contributed by atoms with E-state index in [0.29, 0.717) is 23.1 Å². The topological polar surface area (TPSA) is 101 Å². The van der Waals surface area contributed by atoms with Crippen molar-refractivity contribution >= 4 is 27.6 Å². The molecule has 8 heteroatoms. The summed E-state index contributed by atoms with van der Waals surface area (Å²) in [5.74, 6) is -1.33. The van der Waals surface area contributed by atoms with E-state index in [-0.39, 0.29) is 35.4 Å². The van der Waals surface area contributed by atoms with Crippen LogP contribution in [0.3, 0.4) is 0 Å². The fourth-order valence-corrected chi connectivity index (χ4v) is 5.51. The number of imide groups is 1. The summed E-state index contributed by atoms with van der Waals surface area (Å²) < 4.78 is 25.6. The minimum Gasteiger partial charge on any atom is -0.322 e. The molecule has 4 rings (SSSR count). The van der Waals surface area contributed by atoms with E-state index >= 15 is 0 Å². The average Bonchev–Trinajstić information content (AvgIpc) is 2.98. The molecule has 1 saturated heterocycles. The third-order valence-electron chi connectivity index (χ3n) is 5.38. The van der Waals surface area contributed by atoms with Gasteiger partial charge in [0.15, 0.2) is 9.84 Å². The number of nitrogens with one attached hydrogen (secondary N) is 1. The minimum absolute atomic E-state index is 0.191. The van der Waals surface area contributed by atoms with Gasteiger partial charge in [0.2, 0.25) is 11.8 Å². The van der Waals surface area contributed by atoms with E-state index in [0.717, 1.165) is 5.56 Å². The number of fused-ring (bicyclic) bond motifs is 1. The fourth-order valence-electron chi connectivity index (χ4n) is 3.89. The maximum absolute atomic E-state index is 12.9. The molecule has 0 bridgehead atoms. The van der Waals surface area contributed by atoms with Crippen LogP contribution in [0, 0.1) is 6.92 Å². The monoisotopic (exact) mass is 412 g/mol. The number of carbonyl (C=O) groups excluding carboxylic acids is 3. The summed E-state index contributed by atoms with van der Waals surface area (Å²) in [4.78, 5) is 38.1. The van der Waals surface area contributed by atoms with Crippen molar-refractivity contribution < 1.29 is 22.8 Å². The molecule has 0 aromatic heterocycles. The molecule has 2 heterocycles. The highest BCUT2D eigenvalue weighted by Gasteiger charge is 2.39. The average molecular weight is 412 g/mol. The molecular formula is C21H20N2O5S. The molecule has 2 aromatic carbocycles. The summed E-state index contributed by atoms with van der Waals surface area (Å²) in [7, 11) is -3.55. The molecule has 1 atom stereocenters. The molecule has 29 heavy (non-hydrogen) atoms. The molecule has 3 amide bonds. The van der Waals surface area contributed by atoms with Crippen LogP contribution in [0.5, 0.6) is 0 Å². The van der Waals surface area contributed by atoms with Gasteiger partial charge in [-0.25, -0.2) is 8.42 Å². The van der Waals surface area contributed by atoms with Gasteiger partial charge in [-0.3, -0.25) is 19.7 Å². The summed E-state index contributed by atoms with van der Waals surface area (Å²) in [6.07, 6.45) is 0.482. The number of nitrogens with zero attached hydrogens (tertiary/aromatic N) is 1. The van der Waals surface area contributed by atoms with E-state index in [1.807, 2.05) is 0 Å². The van der Waals surface area contributed by atoms with Crippen LogP contribution in [0.2, 0.25) is 0 Å². The van der Waals surface area contributed by atoms with Crippen LogP contribution in [0.15, 0.2) is 47.4 Å². The van der Waals surface area contributed by atoms with Crippen molar-refractivity contribution in [3.63, 3.8) is 0 Å². The Bertz CT molecular complexity index is 1140. The number of rotatable bonds is 4. The third-order valence-corrected chi connectivity index (χ3v) is 7.22. The van der Waals surface area contributed by atoms with Crippen molar-refractivity contribution in [3.8, 4) is 0 Å². The van der Waals surface area contributed by atoms with Gasteiger partial charge in [-0.15, -0.1) is 0 Å². The number of benzene rings is 2. The number of amides is 3. The first kappa shape index (κ1) is 19.3. The van der Waals surface area contributed by atoms with Gasteiger partial charge in [0.1, 0.15) is 6.04 Å². The Labute approximate surface area is 168 Å². The quantitative estimate of drug-likeness (QED) is 0.771. The Morgan fingerprint density at radius 1 is 1.10 bits per heavy atom. The second-order valence-electron chi connectivity index (χ2n) is 7.42. The van der Waals surface area contributed by atoms with Gasteiger partial charge in [0.05, 0.1) is 10.6 Å². The van der Waals surface area contributed by atoms with Crippen LogP contribution in [0.25, 0.3) is 0 Å². The van der Waals surface area contributed by atoms with Crippen LogP contribution in [0.1, 0.15) is 39.9 Å². The molecule has 1 N–H and O–H groups in total. The van der Waals surface area contributed by atoms with Crippen LogP contribution in [-0.4, -0.2) is 37.1 Å². The minimum atomic E-state index is -3.55. The molecule has 0 spiro atoms. The van der Waals surface area contributed by atoms with E-state index in [2.05, 4.69) is 5.32 Å². The molecule has 2 aliphatic rings. The summed E-state index contributed by atoms with van der Waals surface area (Å²) in [5.41, 5.74) is 2.35. The predicted octanol–water partition coefficient (Wildman–Crippen LogP) is 1.73. The maximum Gasteiger partial charge on any atom is 0.255 e. The second kappa shape index (κ2) is 7.11. The smallest absolute Gasteiger partial charge is 0.255 e. The first-order valence-corrected chi connectivity index (χ1v) is 11.0. The van der Waals surface area contributed by atoms with Gasteiger partial charge in [0, 0.05) is 18.5 Å². The summed E-state index contributed by atoms with van der Waals surface area (Å²) in [5, 5.41) is 2.27. The largest absolute Gasteiger partial charge is 0.322 e. The Balaban J connectivity index is 1.58. The van der Waals surface area contributed by atoms with E-state index in [4.69, 9.17) is 0 Å². The first-order valence-electron chi connectivity index (χ1n) is 9.31. The normalized spacial score (nSPS) is 19.3. The lowest BCUT2D eigenvalue weighted by Gasteiger charge is -2.29. The molecule has 1 fully saturated rings. The lowest BCUT2D eigenvalue weighted by molar-refractivity contribution is -0.136. The molecule has 0 saturated carbocycles. The van der Waals surface area contributed by atoms with E-state index in [1.54, 1.807) is 49.4 Å². The number of sulfone groups is 1. The van der Waals surface area contributed by atoms with Gasteiger partial charge >= 0.3 is 0 Å². The molecule has 2 aromatic rings. The highest BCUT2D eigenvalue weighted by Crippen LogP contribution is 2.29. The number of piperidine rings is 1. The summed E-state index contributed by atoms with van der Waals surface area (Å²) >= 11 is 0. The second-order valence-corrected chi connectivity index (χ2v) is 9.37. The summed E-state index contributed by atoms with van der Waals surface area (Å²) in [6.45, 7) is 2.02. The van der Waals surface area contributed by atoms with Gasteiger partial charge in [-0.2, -0.15) is 0 Å². The van der Waals surface area contributed by atoms with Crippen LogP contribution < -0.4 is 5.32 Å². The Hall–Kier alpha value is -3.00. The Morgan fingerprint density at radius 3 is 2.59 bits per heavy atom. The van der Waals surface area contributed by atoms with Gasteiger partial charge in [0.25, 0.3) is 5.91 Å². The van der Waals surface area contributed by atoms with Crippen molar-refractivity contribution in [1.82, 2.24) is 10.2 Å². The van der Waals surface area contributed by atoms with E-state index < -0.39 is 21.8 Å². The highest BCUT2D eigenvalue weighted by atomic mass is 32.2. The fraction of sp³-hybridized carbons (Fsp3) is 0.286. The van der Waals surface area contributed by atoms with Crippen LogP contribution in [-0.2, 0) is 31.7 Å². The van der Waals surface area contributed by atoms with Crippen molar-refractivity contribution in [3.05, 3.63) is 64.7 Å². The van der Waals surface area contributed by atoms with Crippen molar-refractivity contribution in [2.24, 2.45) is 0 Å². The number of carbonyl (C=O) groups is 3. The first-order chi connectivity index (χ1) is 13.8. The van der Waals surface area contributed by atoms with Crippen LogP contribution >= 0.6 is 0 Å². The molecule has 150 valence electrons. The number of hydrogen-bond acceptors (Lipinski definition) is 5. The zero-order valence-electron chi connectivity index (χ0n) is 15.8. The Morgan fingerprint density at radius 2 is 1.86 bits per heavy atom. The summed E-state index contributed by atoms with van der Waals surface area (Å²) in [6, 6.07) is 11.1. The zero-order chi connectivity index (χ0) is 20.8. The highest BCUT2D eigenvalue weighted by molar-refractivity contribution is 7.90. The van der Waals surface area contributed by atoms with Gasteiger partial charge in [-0.1, -0.05) is 30.3 Å². The lowest BCUT2D eigenvalue weighted by Crippen LogP contribution is -2.52. The SMILES string of the molecule is Cc1ccccc1S(=O)(=O)Cc1ccc2c(c1)C(=O)N(C1CCC(=O)NC1=O)C2. The van der Waals surface area contributed by atoms with Crippen molar-refractivity contribution in [2.45, 2.75) is 43.0 Å². The molecule has 7 nitrogen and oxygen atoms in total. The van der Waals surface area contributed by atoms with Crippen molar-refractivity contribution in [1.29, 1.82) is 0 Å². The predicted molar refractivity (Wildman–Crippen MR) is 105 cm³/mol. The third kappa shape index (κ3) is 3.55. The Kier molecular flexibility index (Phi) is 4.74. The lowest BCUT2D eigenvalue weighted by atomic mass is 10.0.